The van der Waals surface area contributed by atoms with Gasteiger partial charge in [-0.2, -0.15) is 0 Å². The second-order valence-electron chi connectivity index (χ2n) is 7.51. The van der Waals surface area contributed by atoms with Crippen LogP contribution in [0.3, 0.4) is 0 Å². The van der Waals surface area contributed by atoms with Gasteiger partial charge in [0.05, 0.1) is 5.54 Å². The molecule has 1 amide bonds. The van der Waals surface area contributed by atoms with E-state index < -0.39 is 5.60 Å². The highest BCUT2D eigenvalue weighted by atomic mass is 16.6. The maximum atomic E-state index is 12.1. The smallest absolute Gasteiger partial charge is 0.410 e. The number of hydrogen-bond donors (Lipinski definition) is 2. The van der Waals surface area contributed by atoms with E-state index in [1.54, 1.807) is 4.90 Å². The summed E-state index contributed by atoms with van der Waals surface area (Å²) in [6.45, 7) is 13.8. The first-order chi connectivity index (χ1) is 8.46. The highest BCUT2D eigenvalue weighted by Gasteiger charge is 2.42. The summed E-state index contributed by atoms with van der Waals surface area (Å²) < 4.78 is 5.41. The van der Waals surface area contributed by atoms with Crippen LogP contribution in [-0.4, -0.2) is 47.3 Å². The maximum Gasteiger partial charge on any atom is 0.410 e. The summed E-state index contributed by atoms with van der Waals surface area (Å²) in [4.78, 5) is 13.8. The Balaban J connectivity index is 2.67. The molecule has 1 saturated heterocycles. The minimum absolute atomic E-state index is 0.0245. The van der Waals surface area contributed by atoms with Crippen LogP contribution in [0.1, 0.15) is 48.0 Å². The summed E-state index contributed by atoms with van der Waals surface area (Å²) in [5, 5.41) is 3.55. The molecule has 0 aromatic rings. The first-order valence-electron chi connectivity index (χ1n) is 6.94. The van der Waals surface area contributed by atoms with Crippen molar-refractivity contribution in [2.45, 2.75) is 64.6 Å². The van der Waals surface area contributed by atoms with E-state index in [0.717, 1.165) is 6.42 Å². The Hall–Kier alpha value is -0.810. The van der Waals surface area contributed by atoms with Gasteiger partial charge in [-0.3, -0.25) is 0 Å². The Bertz CT molecular complexity index is 331. The predicted octanol–water partition coefficient (Wildman–Crippen LogP) is 1.71. The Morgan fingerprint density at radius 3 is 2.32 bits per heavy atom. The van der Waals surface area contributed by atoms with Crippen molar-refractivity contribution in [3.8, 4) is 0 Å². The van der Waals surface area contributed by atoms with E-state index >= 15 is 0 Å². The first kappa shape index (κ1) is 16.2. The van der Waals surface area contributed by atoms with Crippen LogP contribution in [-0.2, 0) is 4.74 Å². The van der Waals surface area contributed by atoms with Gasteiger partial charge >= 0.3 is 6.09 Å². The van der Waals surface area contributed by atoms with E-state index in [4.69, 9.17) is 10.5 Å². The van der Waals surface area contributed by atoms with Crippen molar-refractivity contribution in [2.24, 2.45) is 5.73 Å². The van der Waals surface area contributed by atoms with Crippen LogP contribution < -0.4 is 11.1 Å². The molecule has 19 heavy (non-hydrogen) atoms. The average molecular weight is 271 g/mol. The van der Waals surface area contributed by atoms with E-state index in [1.165, 1.54) is 0 Å². The zero-order valence-corrected chi connectivity index (χ0v) is 13.2. The quantitative estimate of drug-likeness (QED) is 0.802. The minimum Gasteiger partial charge on any atom is -0.444 e. The number of carbonyl (C=O) groups is 1. The lowest BCUT2D eigenvalue weighted by Gasteiger charge is -2.36. The number of nitrogens with zero attached hydrogens (tertiary/aromatic N) is 1. The summed E-state index contributed by atoms with van der Waals surface area (Å²) >= 11 is 0. The standard InChI is InChI=1S/C14H29N3O2/c1-12(2,3)16-14(9-15)7-8-17(10-14)11(18)19-13(4,5)6/h16H,7-10,15H2,1-6H3. The molecule has 0 radical (unpaired) electrons. The fourth-order valence-corrected chi connectivity index (χ4v) is 2.47. The van der Waals surface area contributed by atoms with E-state index in [1.807, 2.05) is 20.8 Å². The molecular weight excluding hydrogens is 242 g/mol. The lowest BCUT2D eigenvalue weighted by Crippen LogP contribution is -2.59. The van der Waals surface area contributed by atoms with Crippen molar-refractivity contribution in [1.82, 2.24) is 10.2 Å². The molecule has 1 rings (SSSR count). The van der Waals surface area contributed by atoms with Gasteiger partial charge in [-0.25, -0.2) is 4.79 Å². The van der Waals surface area contributed by atoms with Crippen molar-refractivity contribution in [1.29, 1.82) is 0 Å². The molecule has 5 heteroatoms. The minimum atomic E-state index is -0.456. The Morgan fingerprint density at radius 1 is 1.32 bits per heavy atom. The van der Waals surface area contributed by atoms with Crippen LogP contribution >= 0.6 is 0 Å². The molecule has 1 aliphatic rings. The van der Waals surface area contributed by atoms with E-state index in [-0.39, 0.29) is 17.2 Å². The number of likely N-dealkylation sites (tertiary alicyclic amines) is 1. The van der Waals surface area contributed by atoms with Gasteiger partial charge < -0.3 is 20.7 Å². The normalized spacial score (nSPS) is 24.7. The van der Waals surface area contributed by atoms with Gasteiger partial charge in [0.15, 0.2) is 0 Å². The van der Waals surface area contributed by atoms with Gasteiger partial charge in [0.2, 0.25) is 0 Å². The molecule has 0 saturated carbocycles. The van der Waals surface area contributed by atoms with Crippen molar-refractivity contribution in [2.75, 3.05) is 19.6 Å². The van der Waals surface area contributed by atoms with Gasteiger partial charge in [0, 0.05) is 25.2 Å². The average Bonchev–Trinajstić information content (AvgIpc) is 2.57. The zero-order valence-electron chi connectivity index (χ0n) is 13.2. The molecule has 5 nitrogen and oxygen atoms in total. The number of nitrogens with two attached hydrogens (primary N) is 1. The monoisotopic (exact) mass is 271 g/mol. The van der Waals surface area contributed by atoms with Crippen LogP contribution in [0.5, 0.6) is 0 Å². The molecule has 1 unspecified atom stereocenters. The number of nitrogens with one attached hydrogen (secondary N) is 1. The molecule has 0 bridgehead atoms. The molecule has 0 aliphatic carbocycles. The maximum absolute atomic E-state index is 12.1. The van der Waals surface area contributed by atoms with Gasteiger partial charge in [-0.05, 0) is 48.0 Å². The summed E-state index contributed by atoms with van der Waals surface area (Å²) in [5.41, 5.74) is 5.24. The molecule has 112 valence electrons. The summed E-state index contributed by atoms with van der Waals surface area (Å²) in [6.07, 6.45) is 0.610. The van der Waals surface area contributed by atoms with Gasteiger partial charge in [-0.15, -0.1) is 0 Å². The fourth-order valence-electron chi connectivity index (χ4n) is 2.47. The molecule has 3 N–H and O–H groups in total. The third-order valence-corrected chi connectivity index (χ3v) is 3.04. The highest BCUT2D eigenvalue weighted by Crippen LogP contribution is 2.25. The number of carbonyl (C=O) groups excluding carboxylic acids is 1. The Kier molecular flexibility index (Phi) is 4.52. The van der Waals surface area contributed by atoms with E-state index in [0.29, 0.717) is 19.6 Å². The first-order valence-corrected chi connectivity index (χ1v) is 6.94. The number of ether oxygens (including phenoxy) is 1. The van der Waals surface area contributed by atoms with Gasteiger partial charge in [0.25, 0.3) is 0 Å². The topological polar surface area (TPSA) is 67.6 Å². The number of amides is 1. The number of hydrogen-bond acceptors (Lipinski definition) is 4. The van der Waals surface area contributed by atoms with Crippen molar-refractivity contribution < 1.29 is 9.53 Å². The van der Waals surface area contributed by atoms with Crippen LogP contribution in [0.4, 0.5) is 4.79 Å². The second kappa shape index (κ2) is 5.29. The van der Waals surface area contributed by atoms with Crippen molar-refractivity contribution >= 4 is 6.09 Å². The Labute approximate surface area is 116 Å². The van der Waals surface area contributed by atoms with Gasteiger partial charge in [0.1, 0.15) is 5.60 Å². The summed E-state index contributed by atoms with van der Waals surface area (Å²) in [5.74, 6) is 0. The third kappa shape index (κ3) is 4.99. The van der Waals surface area contributed by atoms with Crippen LogP contribution in [0, 0.1) is 0 Å². The zero-order chi connectivity index (χ0) is 14.9. The lowest BCUT2D eigenvalue weighted by atomic mass is 9.94. The van der Waals surface area contributed by atoms with Crippen LogP contribution in [0.15, 0.2) is 0 Å². The van der Waals surface area contributed by atoms with Crippen LogP contribution in [0.2, 0.25) is 0 Å². The summed E-state index contributed by atoms with van der Waals surface area (Å²) in [7, 11) is 0. The second-order valence-corrected chi connectivity index (χ2v) is 7.51. The number of rotatable bonds is 2. The predicted molar refractivity (Wildman–Crippen MR) is 77.1 cm³/mol. The van der Waals surface area contributed by atoms with E-state index in [9.17, 15) is 4.79 Å². The van der Waals surface area contributed by atoms with Crippen molar-refractivity contribution in [3.05, 3.63) is 0 Å². The van der Waals surface area contributed by atoms with E-state index in [2.05, 4.69) is 26.1 Å². The SMILES string of the molecule is CC(C)(C)NC1(CN)CCN(C(=O)OC(C)(C)C)C1. The molecular formula is C14H29N3O2. The third-order valence-electron chi connectivity index (χ3n) is 3.04. The lowest BCUT2D eigenvalue weighted by molar-refractivity contribution is 0.0277. The fraction of sp³-hybridized carbons (Fsp3) is 0.929. The summed E-state index contributed by atoms with van der Waals surface area (Å²) in [6, 6.07) is 0. The highest BCUT2D eigenvalue weighted by molar-refractivity contribution is 5.68. The molecule has 1 aliphatic heterocycles. The molecule has 1 atom stereocenters. The molecule has 1 heterocycles. The molecule has 0 aromatic heterocycles. The van der Waals surface area contributed by atoms with Crippen molar-refractivity contribution in [3.63, 3.8) is 0 Å². The molecule has 0 aromatic carbocycles. The van der Waals surface area contributed by atoms with Crippen LogP contribution in [0.25, 0.3) is 0 Å². The molecule has 1 fully saturated rings. The Morgan fingerprint density at radius 2 is 1.89 bits per heavy atom. The molecule has 0 spiro atoms. The largest absolute Gasteiger partial charge is 0.444 e. The van der Waals surface area contributed by atoms with Gasteiger partial charge in [-0.1, -0.05) is 0 Å².